The third-order valence-electron chi connectivity index (χ3n) is 13.8. The van der Waals surface area contributed by atoms with E-state index in [1.165, 1.54) is 76.3 Å². The zero-order chi connectivity index (χ0) is 36.3. The molecule has 0 radical (unpaired) electrons. The van der Waals surface area contributed by atoms with E-state index >= 15 is 0 Å². The summed E-state index contributed by atoms with van der Waals surface area (Å²) in [6, 6.07) is 4.60. The van der Waals surface area contributed by atoms with E-state index in [1.54, 1.807) is 24.6 Å². The maximum atomic E-state index is 12.0. The van der Waals surface area contributed by atoms with Gasteiger partial charge in [0.25, 0.3) is 0 Å². The van der Waals surface area contributed by atoms with E-state index in [0.717, 1.165) is 25.7 Å². The molecule has 7 heteroatoms. The second-order valence-electron chi connectivity index (χ2n) is 18.0. The third-order valence-corrected chi connectivity index (χ3v) is 19.6. The first kappa shape index (κ1) is 40.9. The average Bonchev–Trinajstić information content (AvgIpc) is 3.72. The monoisotopic (exact) mass is 720 g/mol. The van der Waals surface area contributed by atoms with Crippen LogP contribution in [0.2, 0.25) is 0 Å². The Balaban J connectivity index is 0.000000272. The van der Waals surface area contributed by atoms with Crippen LogP contribution in [0.25, 0.3) is 0 Å². The molecular formula is C42H73O5PS. The fourth-order valence-corrected chi connectivity index (χ4v) is 16.2. The smallest absolute Gasteiger partial charge is 0.125 e. The van der Waals surface area contributed by atoms with E-state index in [-0.39, 0.29) is 26.9 Å². The molecule has 4 saturated carbocycles. The van der Waals surface area contributed by atoms with Crippen LogP contribution in [0.15, 0.2) is 23.1 Å². The number of unbranched alkanes of at least 4 members (excludes halogenated alkanes) is 4. The first-order chi connectivity index (χ1) is 23.0. The average molecular weight is 721 g/mol. The number of hydrogen-bond donors (Lipinski definition) is 0. The van der Waals surface area contributed by atoms with Crippen LogP contribution < -0.4 is 9.47 Å². The summed E-state index contributed by atoms with van der Waals surface area (Å²) in [5.41, 5.74) is -0.531. The van der Waals surface area contributed by atoms with E-state index in [1.807, 2.05) is 6.07 Å². The van der Waals surface area contributed by atoms with Gasteiger partial charge in [-0.05, 0) is 75.3 Å². The first-order valence-corrected chi connectivity index (χ1v) is 24.3. The van der Waals surface area contributed by atoms with Crippen molar-refractivity contribution in [1.82, 2.24) is 0 Å². The van der Waals surface area contributed by atoms with Crippen molar-refractivity contribution >= 4 is 17.4 Å². The van der Waals surface area contributed by atoms with Crippen LogP contribution in [0.1, 0.15) is 159 Å². The van der Waals surface area contributed by atoms with Crippen LogP contribution in [0.3, 0.4) is 0 Å². The highest BCUT2D eigenvalue weighted by atomic mass is 32.2. The molecule has 5 rings (SSSR count). The lowest BCUT2D eigenvalue weighted by Crippen LogP contribution is -2.32. The standard InChI is InChI=1S/C26H38O5S.C16H36P/c1-16-7-9-21-23(3,4)25(21,14-16)30-18-11-19(13-20(12-18)32(27,28)29)31-26-15-17(2)8-10-22(26)24(26,5)6;1-5-9-13-17(14-10-6-2,15-11-7-3)16-12-8-4/h11-13,16-17,21-22H,7-10,14-15H2,1-6H3,(H,27,28,29);5-16H2,1-4H3/q;+1/p-1. The summed E-state index contributed by atoms with van der Waals surface area (Å²) in [7, 11) is -5.19. The zero-order valence-electron chi connectivity index (χ0n) is 33.2. The molecule has 0 spiro atoms. The molecule has 0 aliphatic heterocycles. The molecule has 6 atom stereocenters. The topological polar surface area (TPSA) is 75.7 Å². The lowest BCUT2D eigenvalue weighted by atomic mass is 9.88. The van der Waals surface area contributed by atoms with Gasteiger partial charge in [-0.3, -0.25) is 0 Å². The molecule has 5 nitrogen and oxygen atoms in total. The molecular weight excluding hydrogens is 647 g/mol. The molecule has 0 heterocycles. The number of ether oxygens (including phenoxy) is 2. The van der Waals surface area contributed by atoms with Gasteiger partial charge in [0.05, 0.1) is 29.5 Å². The van der Waals surface area contributed by atoms with Crippen molar-refractivity contribution in [1.29, 1.82) is 0 Å². The summed E-state index contributed by atoms with van der Waals surface area (Å²) in [6.45, 7) is 22.9. The molecule has 0 bridgehead atoms. The molecule has 0 N–H and O–H groups in total. The Labute approximate surface area is 302 Å². The molecule has 1 aromatic rings. The van der Waals surface area contributed by atoms with Crippen LogP contribution in [0.5, 0.6) is 11.5 Å². The first-order valence-electron chi connectivity index (χ1n) is 20.3. The fraction of sp³-hybridized carbons (Fsp3) is 0.857. The lowest BCUT2D eigenvalue weighted by molar-refractivity contribution is 0.0766. The molecule has 0 amide bonds. The van der Waals surface area contributed by atoms with Gasteiger partial charge in [-0.2, -0.15) is 0 Å². The Kier molecular flexibility index (Phi) is 13.4. The van der Waals surface area contributed by atoms with Crippen LogP contribution in [-0.2, 0) is 10.1 Å². The van der Waals surface area contributed by atoms with Crippen LogP contribution in [0, 0.1) is 34.5 Å². The van der Waals surface area contributed by atoms with Gasteiger partial charge in [0.15, 0.2) is 0 Å². The second-order valence-corrected chi connectivity index (χ2v) is 23.9. The number of rotatable bonds is 17. The molecule has 282 valence electrons. The van der Waals surface area contributed by atoms with E-state index in [4.69, 9.17) is 9.47 Å². The van der Waals surface area contributed by atoms with E-state index < -0.39 is 17.4 Å². The van der Waals surface area contributed by atoms with Crippen molar-refractivity contribution < 1.29 is 22.4 Å². The van der Waals surface area contributed by atoms with E-state index in [9.17, 15) is 13.0 Å². The van der Waals surface area contributed by atoms with Crippen molar-refractivity contribution in [3.8, 4) is 11.5 Å². The molecule has 4 aliphatic carbocycles. The van der Waals surface area contributed by atoms with Gasteiger partial charge in [-0.25, -0.2) is 8.42 Å². The number of fused-ring (bicyclic) bond motifs is 2. The molecule has 1 aromatic carbocycles. The van der Waals surface area contributed by atoms with Crippen LogP contribution in [-0.4, -0.2) is 48.8 Å². The minimum atomic E-state index is -4.63. The molecule has 6 unspecified atom stereocenters. The lowest BCUT2D eigenvalue weighted by Gasteiger charge is -2.31. The van der Waals surface area contributed by atoms with Gasteiger partial charge in [-0.15, -0.1) is 0 Å². The molecule has 4 fully saturated rings. The number of hydrogen-bond acceptors (Lipinski definition) is 5. The summed E-state index contributed by atoms with van der Waals surface area (Å²) in [4.78, 5) is -0.268. The fourth-order valence-electron chi connectivity index (χ4n) is 10.3. The minimum Gasteiger partial charge on any atom is -0.744 e. The highest BCUT2D eigenvalue weighted by Gasteiger charge is 2.75. The third kappa shape index (κ3) is 8.70. The Morgan fingerprint density at radius 1 is 0.653 bits per heavy atom. The summed E-state index contributed by atoms with van der Waals surface area (Å²) < 4.78 is 49.2. The maximum Gasteiger partial charge on any atom is 0.125 e. The normalized spacial score (nSPS) is 31.1. The summed E-state index contributed by atoms with van der Waals surface area (Å²) in [5.74, 6) is 2.91. The largest absolute Gasteiger partial charge is 0.744 e. The zero-order valence-corrected chi connectivity index (χ0v) is 34.9. The molecule has 4 aliphatic rings. The number of benzene rings is 1. The summed E-state index contributed by atoms with van der Waals surface area (Å²) in [6.07, 6.45) is 24.5. The molecule has 0 saturated heterocycles. The summed E-state index contributed by atoms with van der Waals surface area (Å²) in [5, 5.41) is 0. The van der Waals surface area contributed by atoms with E-state index in [0.29, 0.717) is 35.2 Å². The van der Waals surface area contributed by atoms with Gasteiger partial charge < -0.3 is 14.0 Å². The van der Waals surface area contributed by atoms with Crippen molar-refractivity contribution in [2.75, 3.05) is 24.6 Å². The summed E-state index contributed by atoms with van der Waals surface area (Å²) >= 11 is 0. The van der Waals surface area contributed by atoms with Gasteiger partial charge in [0.2, 0.25) is 0 Å². The maximum absolute atomic E-state index is 12.0. The Bertz CT molecular complexity index is 1240. The van der Waals surface area contributed by atoms with Crippen molar-refractivity contribution in [2.45, 2.75) is 175 Å². The minimum absolute atomic E-state index is 0.0339. The predicted molar refractivity (Wildman–Crippen MR) is 208 cm³/mol. The van der Waals surface area contributed by atoms with E-state index in [2.05, 4.69) is 69.2 Å². The Morgan fingerprint density at radius 3 is 1.31 bits per heavy atom. The van der Waals surface area contributed by atoms with Crippen LogP contribution in [0.4, 0.5) is 0 Å². The van der Waals surface area contributed by atoms with Gasteiger partial charge in [-0.1, -0.05) is 108 Å². The molecule has 0 aromatic heterocycles. The predicted octanol–water partition coefficient (Wildman–Crippen LogP) is 12.0. The van der Waals surface area contributed by atoms with Gasteiger partial charge in [0, 0.05) is 36.0 Å². The second kappa shape index (κ2) is 16.0. The van der Waals surface area contributed by atoms with Crippen LogP contribution >= 0.6 is 7.26 Å². The Hall–Kier alpha value is -0.840. The van der Waals surface area contributed by atoms with Gasteiger partial charge >= 0.3 is 0 Å². The van der Waals surface area contributed by atoms with Crippen molar-refractivity contribution in [2.24, 2.45) is 34.5 Å². The SMILES string of the molecule is CC1CCC2C(C)(C)C2(Oc2cc(OC34CC(C)CCC3C4(C)C)cc(S(=O)(=O)[O-])c2)C1.CCCC[P+](CCCC)(CCCC)CCCC. The van der Waals surface area contributed by atoms with Crippen molar-refractivity contribution in [3.05, 3.63) is 18.2 Å². The van der Waals surface area contributed by atoms with Gasteiger partial charge in [0.1, 0.15) is 32.8 Å². The van der Waals surface area contributed by atoms with Crippen molar-refractivity contribution in [3.63, 3.8) is 0 Å². The molecule has 49 heavy (non-hydrogen) atoms. The highest BCUT2D eigenvalue weighted by Crippen LogP contribution is 2.72. The Morgan fingerprint density at radius 2 is 1.00 bits per heavy atom. The quantitative estimate of drug-likeness (QED) is 0.118. The highest BCUT2D eigenvalue weighted by molar-refractivity contribution is 7.85.